The second-order valence-corrected chi connectivity index (χ2v) is 8.59. The molecule has 0 saturated carbocycles. The van der Waals surface area contributed by atoms with Gasteiger partial charge < -0.3 is 20.5 Å². The van der Waals surface area contributed by atoms with Crippen LogP contribution in [0.4, 0.5) is 13.6 Å². The maximum absolute atomic E-state index is 13.2. The summed E-state index contributed by atoms with van der Waals surface area (Å²) in [5.41, 5.74) is 5.03. The quantitative estimate of drug-likeness (QED) is 0.430. The summed E-state index contributed by atoms with van der Waals surface area (Å²) in [6.07, 6.45) is -3.19. The third-order valence-corrected chi connectivity index (χ3v) is 5.74. The van der Waals surface area contributed by atoms with Gasteiger partial charge in [-0.05, 0) is 42.5 Å². The number of hydrogen-bond donors (Lipinski definition) is 3. The number of carboxylic acids is 1. The van der Waals surface area contributed by atoms with Crippen molar-refractivity contribution in [2.45, 2.75) is 51.1 Å². The number of benzene rings is 2. The second kappa shape index (κ2) is 11.6. The van der Waals surface area contributed by atoms with Crippen molar-refractivity contribution >= 4 is 18.0 Å². The maximum atomic E-state index is 13.2. The van der Waals surface area contributed by atoms with E-state index in [1.165, 1.54) is 0 Å². The molecule has 9 heteroatoms. The number of ether oxygens (including phenoxy) is 1. The van der Waals surface area contributed by atoms with Crippen molar-refractivity contribution in [3.63, 3.8) is 0 Å². The first-order valence-electron chi connectivity index (χ1n) is 11.2. The normalized spacial score (nSPS) is 13.9. The summed E-state index contributed by atoms with van der Waals surface area (Å²) in [7, 11) is 0. The lowest BCUT2D eigenvalue weighted by molar-refractivity contribution is -0.139. The first-order chi connectivity index (χ1) is 16.7. The lowest BCUT2D eigenvalue weighted by Crippen LogP contribution is -2.51. The summed E-state index contributed by atoms with van der Waals surface area (Å²) in [6.45, 7) is 3.60. The van der Waals surface area contributed by atoms with Gasteiger partial charge in [-0.25, -0.2) is 13.6 Å². The van der Waals surface area contributed by atoms with Gasteiger partial charge in [0.2, 0.25) is 5.91 Å². The predicted molar refractivity (Wildman–Crippen MR) is 126 cm³/mol. The standard InChI is InChI=1S/C26H28F2N2O5/c1-15(2)11-12-21(25(33)29-22(24(27)28)13-23(31)32)30-26(34)35-14-20-18-9-5-3-7-16(18)17-8-4-6-10-19(17)20/h3-11,20-22,24H,12-14H2,1-2H3,(H,29,33)(H,30,34)(H,31,32). The number of rotatable bonds is 10. The van der Waals surface area contributed by atoms with Crippen LogP contribution >= 0.6 is 0 Å². The molecule has 35 heavy (non-hydrogen) atoms. The van der Waals surface area contributed by atoms with Crippen molar-refractivity contribution < 1.29 is 33.0 Å². The minimum Gasteiger partial charge on any atom is -0.481 e. The Morgan fingerprint density at radius 1 is 1.00 bits per heavy atom. The molecule has 0 heterocycles. The topological polar surface area (TPSA) is 105 Å². The number of alkyl halides is 2. The monoisotopic (exact) mass is 486 g/mol. The fourth-order valence-corrected chi connectivity index (χ4v) is 4.04. The molecule has 0 aliphatic heterocycles. The number of amides is 2. The number of carboxylic acid groups (broad SMARTS) is 1. The van der Waals surface area contributed by atoms with Crippen LogP contribution in [-0.2, 0) is 14.3 Å². The number of fused-ring (bicyclic) bond motifs is 3. The Kier molecular flexibility index (Phi) is 8.57. The van der Waals surface area contributed by atoms with E-state index in [2.05, 4.69) is 5.32 Å². The zero-order valence-electron chi connectivity index (χ0n) is 19.5. The van der Waals surface area contributed by atoms with Gasteiger partial charge in [0.05, 0.1) is 6.42 Å². The van der Waals surface area contributed by atoms with Gasteiger partial charge in [0.1, 0.15) is 18.7 Å². The first-order valence-corrected chi connectivity index (χ1v) is 11.2. The molecule has 2 aromatic rings. The lowest BCUT2D eigenvalue weighted by atomic mass is 9.98. The summed E-state index contributed by atoms with van der Waals surface area (Å²) in [5.74, 6) is -2.57. The van der Waals surface area contributed by atoms with Crippen LogP contribution in [0.25, 0.3) is 11.1 Å². The number of allylic oxidation sites excluding steroid dienone is 1. The molecule has 0 saturated heterocycles. The molecular weight excluding hydrogens is 458 g/mol. The highest BCUT2D eigenvalue weighted by Crippen LogP contribution is 2.44. The van der Waals surface area contributed by atoms with Crippen LogP contribution in [0.2, 0.25) is 0 Å². The van der Waals surface area contributed by atoms with E-state index in [0.717, 1.165) is 27.8 Å². The molecule has 7 nitrogen and oxygen atoms in total. The van der Waals surface area contributed by atoms with E-state index in [1.54, 1.807) is 19.9 Å². The third kappa shape index (κ3) is 6.65. The van der Waals surface area contributed by atoms with Gasteiger partial charge in [-0.15, -0.1) is 0 Å². The largest absolute Gasteiger partial charge is 0.481 e. The number of halogens is 2. The highest BCUT2D eigenvalue weighted by Gasteiger charge is 2.31. The number of alkyl carbamates (subject to hydrolysis) is 1. The second-order valence-electron chi connectivity index (χ2n) is 8.59. The molecule has 3 N–H and O–H groups in total. The molecule has 1 aliphatic rings. The van der Waals surface area contributed by atoms with Gasteiger partial charge in [-0.3, -0.25) is 9.59 Å². The number of hydrogen-bond acceptors (Lipinski definition) is 4. The minimum atomic E-state index is -3.08. The molecule has 0 radical (unpaired) electrons. The van der Waals surface area contributed by atoms with Gasteiger partial charge in [0.15, 0.2) is 0 Å². The predicted octanol–water partition coefficient (Wildman–Crippen LogP) is 4.47. The van der Waals surface area contributed by atoms with Crippen molar-refractivity contribution in [1.29, 1.82) is 0 Å². The van der Waals surface area contributed by atoms with Crippen molar-refractivity contribution in [3.05, 3.63) is 71.3 Å². The van der Waals surface area contributed by atoms with Crippen LogP contribution in [0.1, 0.15) is 43.7 Å². The van der Waals surface area contributed by atoms with Crippen LogP contribution < -0.4 is 10.6 Å². The number of aliphatic carboxylic acids is 1. The molecular formula is C26H28F2N2O5. The Balaban J connectivity index is 1.68. The Hall–Kier alpha value is -3.75. The Labute approximate surface area is 202 Å². The van der Waals surface area contributed by atoms with Gasteiger partial charge >= 0.3 is 12.1 Å². The number of carbonyl (C=O) groups is 3. The van der Waals surface area contributed by atoms with E-state index < -0.39 is 42.9 Å². The van der Waals surface area contributed by atoms with Crippen LogP contribution in [0.15, 0.2) is 60.2 Å². The SMILES string of the molecule is CC(C)=CCC(NC(=O)OCC1c2ccccc2-c2ccccc21)C(=O)NC(CC(=O)O)C(F)F. The third-order valence-electron chi connectivity index (χ3n) is 5.74. The molecule has 0 aromatic heterocycles. The first kappa shape index (κ1) is 25.9. The Morgan fingerprint density at radius 3 is 2.09 bits per heavy atom. The molecule has 2 amide bonds. The van der Waals surface area contributed by atoms with Crippen LogP contribution in [0.3, 0.4) is 0 Å². The fourth-order valence-electron chi connectivity index (χ4n) is 4.04. The summed E-state index contributed by atoms with van der Waals surface area (Å²) in [4.78, 5) is 36.1. The van der Waals surface area contributed by atoms with E-state index in [-0.39, 0.29) is 18.9 Å². The molecule has 186 valence electrons. The van der Waals surface area contributed by atoms with E-state index in [9.17, 15) is 23.2 Å². The molecule has 0 fully saturated rings. The highest BCUT2D eigenvalue weighted by molar-refractivity contribution is 5.86. The molecule has 0 bridgehead atoms. The fraction of sp³-hybridized carbons (Fsp3) is 0.346. The smallest absolute Gasteiger partial charge is 0.407 e. The molecule has 0 spiro atoms. The van der Waals surface area contributed by atoms with Crippen LogP contribution in [-0.4, -0.2) is 48.2 Å². The summed E-state index contributed by atoms with van der Waals surface area (Å²) in [6, 6.07) is 12.6. The molecule has 2 aromatic carbocycles. The van der Waals surface area contributed by atoms with E-state index in [4.69, 9.17) is 9.84 Å². The van der Waals surface area contributed by atoms with Crippen LogP contribution in [0, 0.1) is 0 Å². The van der Waals surface area contributed by atoms with Crippen molar-refractivity contribution in [1.82, 2.24) is 10.6 Å². The summed E-state index contributed by atoms with van der Waals surface area (Å²) >= 11 is 0. The average molecular weight is 487 g/mol. The highest BCUT2D eigenvalue weighted by atomic mass is 19.3. The summed E-state index contributed by atoms with van der Waals surface area (Å²) < 4.78 is 31.8. The maximum Gasteiger partial charge on any atom is 0.407 e. The molecule has 2 unspecified atom stereocenters. The Bertz CT molecular complexity index is 1070. The zero-order chi connectivity index (χ0) is 25.5. The summed E-state index contributed by atoms with van der Waals surface area (Å²) in [5, 5.41) is 13.3. The van der Waals surface area contributed by atoms with E-state index >= 15 is 0 Å². The zero-order valence-corrected chi connectivity index (χ0v) is 19.5. The minimum absolute atomic E-state index is 0.0233. The van der Waals surface area contributed by atoms with Crippen LogP contribution in [0.5, 0.6) is 0 Å². The lowest BCUT2D eigenvalue weighted by Gasteiger charge is -2.22. The van der Waals surface area contributed by atoms with Crippen molar-refractivity contribution in [2.24, 2.45) is 0 Å². The van der Waals surface area contributed by atoms with Gasteiger partial charge in [0, 0.05) is 5.92 Å². The average Bonchev–Trinajstić information content (AvgIpc) is 3.13. The van der Waals surface area contributed by atoms with Crippen molar-refractivity contribution in [2.75, 3.05) is 6.61 Å². The molecule has 3 rings (SSSR count). The number of carbonyl (C=O) groups excluding carboxylic acids is 2. The van der Waals surface area contributed by atoms with E-state index in [1.807, 2.05) is 53.8 Å². The van der Waals surface area contributed by atoms with Gasteiger partial charge in [0.25, 0.3) is 6.43 Å². The van der Waals surface area contributed by atoms with Crippen molar-refractivity contribution in [3.8, 4) is 11.1 Å². The molecule has 1 aliphatic carbocycles. The Morgan fingerprint density at radius 2 is 1.57 bits per heavy atom. The molecule has 2 atom stereocenters. The van der Waals surface area contributed by atoms with E-state index in [0.29, 0.717) is 0 Å². The van der Waals surface area contributed by atoms with Gasteiger partial charge in [-0.1, -0.05) is 60.2 Å². The number of nitrogens with one attached hydrogen (secondary N) is 2. The van der Waals surface area contributed by atoms with Gasteiger partial charge in [-0.2, -0.15) is 0 Å².